The van der Waals surface area contributed by atoms with E-state index >= 15 is 0 Å². The van der Waals surface area contributed by atoms with Gasteiger partial charge in [-0.2, -0.15) is 4.98 Å². The molecule has 2 N–H and O–H groups in total. The summed E-state index contributed by atoms with van der Waals surface area (Å²) >= 11 is 0. The Balaban J connectivity index is 1.49. The maximum absolute atomic E-state index is 12.4. The molecule has 31 heavy (non-hydrogen) atoms. The van der Waals surface area contributed by atoms with E-state index in [-0.39, 0.29) is 23.7 Å². The molecule has 0 unspecified atom stereocenters. The topological polar surface area (TPSA) is 79.4 Å². The van der Waals surface area contributed by atoms with Crippen LogP contribution in [0, 0.1) is 6.92 Å². The largest absolute Gasteiger partial charge is 0.573 e. The monoisotopic (exact) mass is 437 g/mol. The van der Waals surface area contributed by atoms with E-state index in [9.17, 15) is 18.0 Å². The number of ether oxygens (including phenoxy) is 1. The zero-order chi connectivity index (χ0) is 22.6. The molecule has 0 radical (unpaired) electrons. The highest BCUT2D eigenvalue weighted by molar-refractivity contribution is 5.94. The van der Waals surface area contributed by atoms with Crippen molar-refractivity contribution in [1.29, 1.82) is 0 Å². The van der Waals surface area contributed by atoms with Gasteiger partial charge in [-0.05, 0) is 56.9 Å². The predicted octanol–water partition coefficient (Wildman–Crippen LogP) is 3.90. The number of nitrogens with one attached hydrogen (secondary N) is 2. The molecule has 1 saturated carbocycles. The summed E-state index contributed by atoms with van der Waals surface area (Å²) < 4.78 is 40.5. The van der Waals surface area contributed by atoms with E-state index in [0.29, 0.717) is 11.5 Å². The van der Waals surface area contributed by atoms with E-state index in [4.69, 9.17) is 0 Å². The highest BCUT2D eigenvalue weighted by Gasteiger charge is 2.31. The zero-order valence-electron chi connectivity index (χ0n) is 17.7. The fourth-order valence-corrected chi connectivity index (χ4v) is 3.49. The molecule has 0 saturated heterocycles. The van der Waals surface area contributed by atoms with E-state index in [2.05, 4.69) is 25.3 Å². The fourth-order valence-electron chi connectivity index (χ4n) is 3.49. The molecule has 2 aromatic rings. The number of carbonyl (C=O) groups excluding carboxylic acids is 1. The number of anilines is 2. The third-order valence-electron chi connectivity index (χ3n) is 5.04. The number of amides is 1. The number of nitrogens with zero attached hydrogens (tertiary/aromatic N) is 3. The normalized spacial score (nSPS) is 18.9. The number of hydrogen-bond acceptors (Lipinski definition) is 6. The molecule has 0 bridgehead atoms. The van der Waals surface area contributed by atoms with Gasteiger partial charge in [-0.15, -0.1) is 13.2 Å². The Morgan fingerprint density at radius 1 is 1.06 bits per heavy atom. The Kier molecular flexibility index (Phi) is 6.87. The number of halogens is 3. The minimum atomic E-state index is -4.76. The maximum atomic E-state index is 12.4. The second-order valence-electron chi connectivity index (χ2n) is 7.82. The molecule has 1 amide bonds. The summed E-state index contributed by atoms with van der Waals surface area (Å²) in [5, 5.41) is 6.33. The van der Waals surface area contributed by atoms with Crippen LogP contribution in [0.2, 0.25) is 0 Å². The number of carbonyl (C=O) groups is 1. The van der Waals surface area contributed by atoms with Gasteiger partial charge in [0.15, 0.2) is 0 Å². The number of aryl methyl sites for hydroxylation is 1. The van der Waals surface area contributed by atoms with E-state index in [0.717, 1.165) is 49.3 Å². The van der Waals surface area contributed by atoms with E-state index < -0.39 is 6.36 Å². The first kappa shape index (κ1) is 22.6. The maximum Gasteiger partial charge on any atom is 0.573 e. The lowest BCUT2D eigenvalue weighted by molar-refractivity contribution is -0.274. The van der Waals surface area contributed by atoms with Crippen molar-refractivity contribution in [3.63, 3.8) is 0 Å². The molecule has 10 heteroatoms. The summed E-state index contributed by atoms with van der Waals surface area (Å²) in [5.41, 5.74) is 1.17. The van der Waals surface area contributed by atoms with Gasteiger partial charge in [-0.25, -0.2) is 4.98 Å². The van der Waals surface area contributed by atoms with Crippen molar-refractivity contribution < 1.29 is 22.7 Å². The third kappa shape index (κ3) is 6.73. The van der Waals surface area contributed by atoms with Crippen LogP contribution in [0.4, 0.5) is 24.9 Å². The molecule has 1 aromatic heterocycles. The lowest BCUT2D eigenvalue weighted by atomic mass is 9.91. The molecule has 7 nitrogen and oxygen atoms in total. The molecule has 1 heterocycles. The average Bonchev–Trinajstić information content (AvgIpc) is 2.68. The molecular weight excluding hydrogens is 411 g/mol. The first-order valence-electron chi connectivity index (χ1n) is 10.1. The number of alkyl halides is 3. The Hall–Kier alpha value is -3.04. The van der Waals surface area contributed by atoms with Gasteiger partial charge in [0.2, 0.25) is 5.95 Å². The average molecular weight is 437 g/mol. The SMILES string of the molecule is Cc1cc(N(C)C)nc(N[C@H]2CC[C@@H](NC(=O)c3ccc(OC(F)(F)F)cc3)CC2)n1. The van der Waals surface area contributed by atoms with Gasteiger partial charge in [0.25, 0.3) is 5.91 Å². The molecule has 0 atom stereocenters. The summed E-state index contributed by atoms with van der Waals surface area (Å²) in [4.78, 5) is 23.3. The van der Waals surface area contributed by atoms with Crippen LogP contribution in [-0.2, 0) is 0 Å². The van der Waals surface area contributed by atoms with E-state index in [1.165, 1.54) is 12.1 Å². The van der Waals surface area contributed by atoms with Crippen molar-refractivity contribution in [2.24, 2.45) is 0 Å². The lowest BCUT2D eigenvalue weighted by Crippen LogP contribution is -2.40. The number of benzene rings is 1. The Labute approximate surface area is 179 Å². The van der Waals surface area contributed by atoms with Crippen LogP contribution < -0.4 is 20.3 Å². The van der Waals surface area contributed by atoms with E-state index in [1.807, 2.05) is 32.0 Å². The molecular formula is C21H26F3N5O2. The summed E-state index contributed by atoms with van der Waals surface area (Å²) in [6, 6.07) is 7.04. The smallest absolute Gasteiger partial charge is 0.406 e. The van der Waals surface area contributed by atoms with Crippen molar-refractivity contribution in [2.75, 3.05) is 24.3 Å². The molecule has 0 spiro atoms. The lowest BCUT2D eigenvalue weighted by Gasteiger charge is -2.30. The van der Waals surface area contributed by atoms with Crippen LogP contribution in [0.3, 0.4) is 0 Å². The van der Waals surface area contributed by atoms with Gasteiger partial charge in [0.05, 0.1) is 0 Å². The number of hydrogen-bond donors (Lipinski definition) is 2. The molecule has 1 aliphatic carbocycles. The molecule has 1 aromatic carbocycles. The first-order chi connectivity index (χ1) is 14.6. The molecule has 1 fully saturated rings. The van der Waals surface area contributed by atoms with Crippen LogP contribution in [0.25, 0.3) is 0 Å². The van der Waals surface area contributed by atoms with Crippen molar-refractivity contribution in [1.82, 2.24) is 15.3 Å². The minimum Gasteiger partial charge on any atom is -0.406 e. The van der Waals surface area contributed by atoms with Gasteiger partial charge < -0.3 is 20.3 Å². The molecule has 0 aliphatic heterocycles. The Morgan fingerprint density at radius 3 is 2.26 bits per heavy atom. The molecule has 1 aliphatic rings. The summed E-state index contributed by atoms with van der Waals surface area (Å²) in [7, 11) is 3.85. The first-order valence-corrected chi connectivity index (χ1v) is 10.1. The summed E-state index contributed by atoms with van der Waals surface area (Å²) in [6.07, 6.45) is -1.50. The minimum absolute atomic E-state index is 0.00687. The highest BCUT2D eigenvalue weighted by Crippen LogP contribution is 2.24. The van der Waals surface area contributed by atoms with Crippen LogP contribution in [0.1, 0.15) is 41.7 Å². The molecule has 3 rings (SSSR count). The second-order valence-corrected chi connectivity index (χ2v) is 7.82. The number of aromatic nitrogens is 2. The van der Waals surface area contributed by atoms with Crippen molar-refractivity contribution in [3.05, 3.63) is 41.6 Å². The molecule has 168 valence electrons. The van der Waals surface area contributed by atoms with Gasteiger partial charge in [0.1, 0.15) is 11.6 Å². The van der Waals surface area contributed by atoms with Gasteiger partial charge in [-0.1, -0.05) is 0 Å². The quantitative estimate of drug-likeness (QED) is 0.714. The summed E-state index contributed by atoms with van der Waals surface area (Å²) in [5.74, 6) is 0.763. The highest BCUT2D eigenvalue weighted by atomic mass is 19.4. The van der Waals surface area contributed by atoms with Crippen molar-refractivity contribution in [2.45, 2.75) is 51.1 Å². The number of rotatable bonds is 6. The van der Waals surface area contributed by atoms with Crippen LogP contribution in [0.5, 0.6) is 5.75 Å². The Morgan fingerprint density at radius 2 is 1.68 bits per heavy atom. The van der Waals surface area contributed by atoms with Gasteiger partial charge in [-0.3, -0.25) is 4.79 Å². The third-order valence-corrected chi connectivity index (χ3v) is 5.04. The van der Waals surface area contributed by atoms with Crippen molar-refractivity contribution >= 4 is 17.7 Å². The standard InChI is InChI=1S/C21H26F3N5O2/c1-13-12-18(29(2)3)28-20(25-13)27-16-8-6-15(7-9-16)26-19(30)14-4-10-17(11-5-14)31-21(22,23)24/h4-5,10-12,15-16H,6-9H2,1-3H3,(H,26,30)(H,25,27,28)/t15-,16+. The van der Waals surface area contributed by atoms with Crippen LogP contribution in [0.15, 0.2) is 30.3 Å². The van der Waals surface area contributed by atoms with E-state index in [1.54, 1.807) is 0 Å². The van der Waals surface area contributed by atoms with Gasteiger partial charge in [0, 0.05) is 43.5 Å². The second kappa shape index (κ2) is 9.40. The summed E-state index contributed by atoms with van der Waals surface area (Å²) in [6.45, 7) is 1.92. The zero-order valence-corrected chi connectivity index (χ0v) is 17.7. The predicted molar refractivity (Wildman–Crippen MR) is 111 cm³/mol. The van der Waals surface area contributed by atoms with Gasteiger partial charge >= 0.3 is 6.36 Å². The van der Waals surface area contributed by atoms with Crippen molar-refractivity contribution in [3.8, 4) is 5.75 Å². The van der Waals surface area contributed by atoms with Crippen LogP contribution in [-0.4, -0.2) is 48.4 Å². The Bertz CT molecular complexity index is 895. The fraction of sp³-hybridized carbons (Fsp3) is 0.476. The van der Waals surface area contributed by atoms with Crippen LogP contribution >= 0.6 is 0 Å².